The molecule has 0 saturated heterocycles. The Morgan fingerprint density at radius 2 is 1.03 bits per heavy atom. The van der Waals surface area contributed by atoms with Crippen molar-refractivity contribution in [3.63, 3.8) is 0 Å². The Morgan fingerprint density at radius 1 is 0.517 bits per heavy atom. The summed E-state index contributed by atoms with van der Waals surface area (Å²) in [4.78, 5) is 2.32. The minimum Gasteiger partial charge on any atom is -0.310 e. The number of nitrogens with zero attached hydrogens (tertiary/aromatic N) is 1. The van der Waals surface area contributed by atoms with Crippen molar-refractivity contribution < 1.29 is 0 Å². The monoisotopic (exact) mass is 375 g/mol. The van der Waals surface area contributed by atoms with Gasteiger partial charge >= 0.3 is 0 Å². The van der Waals surface area contributed by atoms with Crippen LogP contribution in [0.5, 0.6) is 0 Å². The highest BCUT2D eigenvalue weighted by atomic mass is 15.1. The zero-order valence-corrected chi connectivity index (χ0v) is 16.9. The number of para-hydroxylation sites is 1. The van der Waals surface area contributed by atoms with Gasteiger partial charge in [0.15, 0.2) is 0 Å². The van der Waals surface area contributed by atoms with Crippen LogP contribution in [0.1, 0.15) is 22.3 Å². The third-order valence-corrected chi connectivity index (χ3v) is 5.02. The molecule has 4 rings (SSSR count). The van der Waals surface area contributed by atoms with Gasteiger partial charge in [0.05, 0.1) is 5.69 Å². The van der Waals surface area contributed by atoms with E-state index in [1.165, 1.54) is 22.3 Å². The van der Waals surface area contributed by atoms with Crippen molar-refractivity contribution in [3.8, 4) is 0 Å². The Labute approximate surface area is 173 Å². The van der Waals surface area contributed by atoms with Gasteiger partial charge in [0.1, 0.15) is 0 Å². The van der Waals surface area contributed by atoms with Gasteiger partial charge in [-0.1, -0.05) is 96.1 Å². The summed E-state index contributed by atoms with van der Waals surface area (Å²) >= 11 is 0. The molecule has 0 aliphatic heterocycles. The smallest absolute Gasteiger partial charge is 0.0533 e. The average molecular weight is 376 g/mol. The Kier molecular flexibility index (Phi) is 5.58. The van der Waals surface area contributed by atoms with E-state index < -0.39 is 0 Å². The van der Waals surface area contributed by atoms with E-state index in [0.29, 0.717) is 0 Å². The van der Waals surface area contributed by atoms with Crippen molar-refractivity contribution in [2.24, 2.45) is 0 Å². The molecular weight excluding hydrogens is 350 g/mol. The van der Waals surface area contributed by atoms with Crippen molar-refractivity contribution >= 4 is 29.2 Å². The lowest BCUT2D eigenvalue weighted by Crippen LogP contribution is -2.11. The highest BCUT2D eigenvalue weighted by molar-refractivity contribution is 5.85. The second-order valence-corrected chi connectivity index (χ2v) is 7.31. The fraction of sp³-hybridized carbons (Fsp3) is 0.0714. The molecule has 0 aromatic heterocycles. The van der Waals surface area contributed by atoms with E-state index >= 15 is 0 Å². The van der Waals surface area contributed by atoms with E-state index in [0.717, 1.165) is 17.1 Å². The first-order valence-electron chi connectivity index (χ1n) is 9.96. The highest BCUT2D eigenvalue weighted by Crippen LogP contribution is 2.37. The largest absolute Gasteiger partial charge is 0.310 e. The lowest BCUT2D eigenvalue weighted by Gasteiger charge is -2.27. The quantitative estimate of drug-likeness (QED) is 0.320. The lowest BCUT2D eigenvalue weighted by atomic mass is 10.1. The normalized spacial score (nSPS) is 11.0. The average Bonchev–Trinajstić information content (AvgIpc) is 2.76. The third kappa shape index (κ3) is 4.47. The SMILES string of the molecule is Cc1ccc(N(c2ccc(C)cc2)c2ccccc2C=Cc2ccccc2)cc1. The van der Waals surface area contributed by atoms with Gasteiger partial charge in [-0.25, -0.2) is 0 Å². The second kappa shape index (κ2) is 8.62. The summed E-state index contributed by atoms with van der Waals surface area (Å²) in [6, 6.07) is 36.4. The van der Waals surface area contributed by atoms with Crippen molar-refractivity contribution in [1.82, 2.24) is 0 Å². The molecule has 0 bridgehead atoms. The summed E-state index contributed by atoms with van der Waals surface area (Å²) in [7, 11) is 0. The number of aryl methyl sites for hydroxylation is 2. The van der Waals surface area contributed by atoms with E-state index in [-0.39, 0.29) is 0 Å². The van der Waals surface area contributed by atoms with Crippen LogP contribution < -0.4 is 4.90 Å². The highest BCUT2D eigenvalue weighted by Gasteiger charge is 2.14. The van der Waals surface area contributed by atoms with Crippen LogP contribution in [0.25, 0.3) is 12.2 Å². The van der Waals surface area contributed by atoms with Gasteiger partial charge in [0.25, 0.3) is 0 Å². The van der Waals surface area contributed by atoms with Crippen LogP contribution in [-0.2, 0) is 0 Å². The summed E-state index contributed by atoms with van der Waals surface area (Å²) in [6.07, 6.45) is 4.36. The van der Waals surface area contributed by atoms with Crippen molar-refractivity contribution in [1.29, 1.82) is 0 Å². The molecule has 0 amide bonds. The van der Waals surface area contributed by atoms with E-state index in [1.807, 2.05) is 6.07 Å². The van der Waals surface area contributed by atoms with Crippen molar-refractivity contribution in [2.75, 3.05) is 4.90 Å². The van der Waals surface area contributed by atoms with E-state index in [1.54, 1.807) is 0 Å². The fourth-order valence-corrected chi connectivity index (χ4v) is 3.40. The molecule has 0 spiro atoms. The van der Waals surface area contributed by atoms with Crippen LogP contribution in [-0.4, -0.2) is 0 Å². The zero-order valence-electron chi connectivity index (χ0n) is 16.9. The number of benzene rings is 4. The molecule has 4 aromatic rings. The Morgan fingerprint density at radius 3 is 1.62 bits per heavy atom. The fourth-order valence-electron chi connectivity index (χ4n) is 3.40. The predicted molar refractivity (Wildman–Crippen MR) is 126 cm³/mol. The molecule has 0 saturated carbocycles. The molecule has 0 aliphatic carbocycles. The first kappa shape index (κ1) is 18.8. The van der Waals surface area contributed by atoms with E-state index in [4.69, 9.17) is 0 Å². The van der Waals surface area contributed by atoms with E-state index in [2.05, 4.69) is 128 Å². The number of anilines is 3. The topological polar surface area (TPSA) is 3.24 Å². The first-order chi connectivity index (χ1) is 14.2. The standard InChI is InChI=1S/C28H25N/c1-22-12-18-26(19-13-22)29(27-20-14-23(2)15-21-27)28-11-7-6-10-25(28)17-16-24-8-4-3-5-9-24/h3-21H,1-2H3. The lowest BCUT2D eigenvalue weighted by molar-refractivity contribution is 1.26. The van der Waals surface area contributed by atoms with Crippen LogP contribution in [0.3, 0.4) is 0 Å². The van der Waals surface area contributed by atoms with Gasteiger partial charge < -0.3 is 4.90 Å². The zero-order chi connectivity index (χ0) is 20.1. The van der Waals surface area contributed by atoms with E-state index in [9.17, 15) is 0 Å². The van der Waals surface area contributed by atoms with Crippen LogP contribution in [0.4, 0.5) is 17.1 Å². The van der Waals surface area contributed by atoms with Crippen molar-refractivity contribution in [2.45, 2.75) is 13.8 Å². The van der Waals surface area contributed by atoms with Crippen molar-refractivity contribution in [3.05, 3.63) is 125 Å². The molecule has 4 aromatic carbocycles. The van der Waals surface area contributed by atoms with Gasteiger partial charge in [0, 0.05) is 11.4 Å². The van der Waals surface area contributed by atoms with Crippen LogP contribution >= 0.6 is 0 Å². The molecule has 29 heavy (non-hydrogen) atoms. The van der Waals surface area contributed by atoms with Crippen LogP contribution in [0.2, 0.25) is 0 Å². The Hall–Kier alpha value is -3.58. The number of rotatable bonds is 5. The number of hydrogen-bond donors (Lipinski definition) is 0. The molecular formula is C28H25N. The molecule has 0 fully saturated rings. The molecule has 0 aliphatic rings. The minimum atomic E-state index is 1.15. The second-order valence-electron chi connectivity index (χ2n) is 7.31. The summed E-state index contributed by atoms with van der Waals surface area (Å²) < 4.78 is 0. The van der Waals surface area contributed by atoms with Gasteiger partial charge in [-0.15, -0.1) is 0 Å². The molecule has 0 unspecified atom stereocenters. The maximum atomic E-state index is 2.32. The van der Waals surface area contributed by atoms with Gasteiger partial charge in [0.2, 0.25) is 0 Å². The summed E-state index contributed by atoms with van der Waals surface area (Å²) in [6.45, 7) is 4.24. The predicted octanol–water partition coefficient (Wildman–Crippen LogP) is 7.94. The molecule has 0 N–H and O–H groups in total. The molecule has 0 heterocycles. The molecule has 1 nitrogen and oxygen atoms in total. The van der Waals surface area contributed by atoms with Gasteiger partial charge in [-0.3, -0.25) is 0 Å². The minimum absolute atomic E-state index is 1.15. The van der Waals surface area contributed by atoms with Crippen LogP contribution in [0.15, 0.2) is 103 Å². The van der Waals surface area contributed by atoms with Gasteiger partial charge in [-0.2, -0.15) is 0 Å². The number of hydrogen-bond acceptors (Lipinski definition) is 1. The molecule has 0 atom stereocenters. The summed E-state index contributed by atoms with van der Waals surface area (Å²) in [5.74, 6) is 0. The van der Waals surface area contributed by atoms with Crippen LogP contribution in [0, 0.1) is 13.8 Å². The summed E-state index contributed by atoms with van der Waals surface area (Å²) in [5.41, 5.74) is 8.36. The Bertz CT molecular complexity index is 1050. The van der Waals surface area contributed by atoms with Gasteiger partial charge in [-0.05, 0) is 55.3 Å². The maximum Gasteiger partial charge on any atom is 0.0533 e. The summed E-state index contributed by atoms with van der Waals surface area (Å²) in [5, 5.41) is 0. The maximum absolute atomic E-state index is 2.32. The molecule has 1 heteroatoms. The molecule has 0 radical (unpaired) electrons. The third-order valence-electron chi connectivity index (χ3n) is 5.02. The first-order valence-corrected chi connectivity index (χ1v) is 9.96. The Balaban J connectivity index is 1.82. The molecule has 142 valence electrons.